The van der Waals surface area contributed by atoms with E-state index in [1.807, 2.05) is 28.5 Å². The molecule has 0 spiro atoms. The minimum Gasteiger partial charge on any atom is -0.493 e. The van der Waals surface area contributed by atoms with Crippen LogP contribution >= 0.6 is 22.9 Å². The van der Waals surface area contributed by atoms with Crippen molar-refractivity contribution in [3.63, 3.8) is 0 Å². The van der Waals surface area contributed by atoms with Crippen LogP contribution < -0.4 is 9.47 Å². The Kier molecular flexibility index (Phi) is 4.60. The molecule has 0 saturated carbocycles. The first-order chi connectivity index (χ1) is 12.7. The fourth-order valence-corrected chi connectivity index (χ4v) is 4.65. The summed E-state index contributed by atoms with van der Waals surface area (Å²) in [6.07, 6.45) is 2.29. The standard InChI is InChI=1S/C18H17N3O3S2/c1-23-13-8-11-5-6-21(18(22)16-10-19-20-26-16)17(15-4-3-7-25-15)12(11)9-14(13)24-2/h3-4,7-10,17H,5-6H2,1-2H3. The lowest BCUT2D eigenvalue weighted by Crippen LogP contribution is -2.40. The van der Waals surface area contributed by atoms with Gasteiger partial charge in [-0.25, -0.2) is 0 Å². The maximum Gasteiger partial charge on any atom is 0.268 e. The van der Waals surface area contributed by atoms with E-state index in [1.165, 1.54) is 11.8 Å². The predicted molar refractivity (Wildman–Crippen MR) is 100 cm³/mol. The van der Waals surface area contributed by atoms with E-state index < -0.39 is 0 Å². The highest BCUT2D eigenvalue weighted by Gasteiger charge is 2.35. The largest absolute Gasteiger partial charge is 0.493 e. The average Bonchev–Trinajstić information content (AvgIpc) is 3.39. The molecule has 8 heteroatoms. The topological polar surface area (TPSA) is 64.6 Å². The van der Waals surface area contributed by atoms with Crippen molar-refractivity contribution in [1.82, 2.24) is 14.5 Å². The predicted octanol–water partition coefficient (Wildman–Crippen LogP) is 3.40. The van der Waals surface area contributed by atoms with Crippen molar-refractivity contribution in [2.24, 2.45) is 0 Å². The number of amides is 1. The van der Waals surface area contributed by atoms with Crippen LogP contribution in [0.2, 0.25) is 0 Å². The molecule has 0 saturated heterocycles. The molecule has 26 heavy (non-hydrogen) atoms. The van der Waals surface area contributed by atoms with E-state index in [-0.39, 0.29) is 11.9 Å². The number of carbonyl (C=O) groups excluding carboxylic acids is 1. The number of ether oxygens (including phenoxy) is 2. The fourth-order valence-electron chi connectivity index (χ4n) is 3.32. The molecule has 134 valence electrons. The Hall–Kier alpha value is -2.45. The van der Waals surface area contributed by atoms with Crippen LogP contribution in [0.4, 0.5) is 0 Å². The highest BCUT2D eigenvalue weighted by molar-refractivity contribution is 7.10. The Morgan fingerprint density at radius 3 is 2.73 bits per heavy atom. The molecule has 1 unspecified atom stereocenters. The van der Waals surface area contributed by atoms with Gasteiger partial charge >= 0.3 is 0 Å². The van der Waals surface area contributed by atoms with Crippen LogP contribution in [0, 0.1) is 0 Å². The average molecular weight is 387 g/mol. The maximum atomic E-state index is 13.1. The first kappa shape index (κ1) is 17.0. The van der Waals surface area contributed by atoms with Crippen molar-refractivity contribution in [3.05, 3.63) is 56.7 Å². The van der Waals surface area contributed by atoms with Crippen LogP contribution in [-0.2, 0) is 6.42 Å². The third-order valence-corrected chi connectivity index (χ3v) is 6.10. The summed E-state index contributed by atoms with van der Waals surface area (Å²) in [5.41, 5.74) is 2.25. The van der Waals surface area contributed by atoms with E-state index in [4.69, 9.17) is 9.47 Å². The fraction of sp³-hybridized carbons (Fsp3) is 0.278. The van der Waals surface area contributed by atoms with Gasteiger partial charge in [-0.2, -0.15) is 0 Å². The third kappa shape index (κ3) is 2.85. The number of benzene rings is 1. The number of methoxy groups -OCH3 is 2. The van der Waals surface area contributed by atoms with Gasteiger partial charge in [0, 0.05) is 11.4 Å². The van der Waals surface area contributed by atoms with Crippen LogP contribution in [0.5, 0.6) is 11.5 Å². The lowest BCUT2D eigenvalue weighted by atomic mass is 9.90. The quantitative estimate of drug-likeness (QED) is 0.686. The van der Waals surface area contributed by atoms with Gasteiger partial charge in [0.2, 0.25) is 0 Å². The van der Waals surface area contributed by atoms with Gasteiger partial charge in [-0.3, -0.25) is 4.79 Å². The number of carbonyl (C=O) groups is 1. The summed E-state index contributed by atoms with van der Waals surface area (Å²) < 4.78 is 14.8. The molecule has 0 bridgehead atoms. The number of thiophene rings is 1. The van der Waals surface area contributed by atoms with E-state index in [2.05, 4.69) is 15.7 Å². The molecule has 1 aromatic carbocycles. The first-order valence-corrected chi connectivity index (χ1v) is 9.74. The summed E-state index contributed by atoms with van der Waals surface area (Å²) in [5.74, 6) is 1.34. The summed E-state index contributed by atoms with van der Waals surface area (Å²) in [7, 11) is 3.26. The molecule has 2 aromatic heterocycles. The minimum atomic E-state index is -0.159. The molecule has 0 N–H and O–H groups in total. The molecule has 0 fully saturated rings. The number of rotatable bonds is 4. The third-order valence-electron chi connectivity index (χ3n) is 4.52. The van der Waals surface area contributed by atoms with Crippen LogP contribution in [0.25, 0.3) is 0 Å². The maximum absolute atomic E-state index is 13.1. The highest BCUT2D eigenvalue weighted by Crippen LogP contribution is 2.42. The van der Waals surface area contributed by atoms with Gasteiger partial charge in [0.05, 0.1) is 26.5 Å². The van der Waals surface area contributed by atoms with Gasteiger partial charge in [0.25, 0.3) is 5.91 Å². The van der Waals surface area contributed by atoms with Gasteiger partial charge in [-0.15, -0.1) is 16.4 Å². The molecule has 3 heterocycles. The van der Waals surface area contributed by atoms with Gasteiger partial charge in [-0.1, -0.05) is 10.6 Å². The first-order valence-electron chi connectivity index (χ1n) is 8.09. The second-order valence-corrected chi connectivity index (χ2v) is 7.62. The number of nitrogens with zero attached hydrogens (tertiary/aromatic N) is 3. The molecule has 1 aliphatic heterocycles. The van der Waals surface area contributed by atoms with Crippen LogP contribution in [0.1, 0.15) is 31.7 Å². The lowest BCUT2D eigenvalue weighted by Gasteiger charge is -2.37. The second kappa shape index (κ2) is 7.05. The Morgan fingerprint density at radius 2 is 2.08 bits per heavy atom. The summed E-state index contributed by atoms with van der Waals surface area (Å²) in [4.78, 5) is 16.6. The zero-order valence-electron chi connectivity index (χ0n) is 14.3. The molecule has 3 aromatic rings. The van der Waals surface area contributed by atoms with Gasteiger partial charge in [0.1, 0.15) is 4.88 Å². The molecule has 1 atom stereocenters. The lowest BCUT2D eigenvalue weighted by molar-refractivity contribution is 0.0701. The van der Waals surface area contributed by atoms with Crippen molar-refractivity contribution in [1.29, 1.82) is 0 Å². The van der Waals surface area contributed by atoms with E-state index >= 15 is 0 Å². The van der Waals surface area contributed by atoms with Crippen LogP contribution in [-0.4, -0.2) is 41.2 Å². The smallest absolute Gasteiger partial charge is 0.268 e. The number of fused-ring (bicyclic) bond motifs is 1. The summed E-state index contributed by atoms with van der Waals surface area (Å²) in [6.45, 7) is 0.627. The highest BCUT2D eigenvalue weighted by atomic mass is 32.1. The molecule has 0 aliphatic carbocycles. The van der Waals surface area contributed by atoms with E-state index in [0.29, 0.717) is 22.9 Å². The summed E-state index contributed by atoms with van der Waals surface area (Å²) >= 11 is 2.77. The second-order valence-electron chi connectivity index (χ2n) is 5.85. The number of hydrogen-bond acceptors (Lipinski definition) is 7. The van der Waals surface area contributed by atoms with Gasteiger partial charge in [0.15, 0.2) is 11.5 Å². The minimum absolute atomic E-state index is 0.0427. The zero-order valence-corrected chi connectivity index (χ0v) is 16.0. The SMILES string of the molecule is COc1cc2c(cc1OC)C(c1cccs1)N(C(=O)c1cnns1)CC2. The molecule has 1 amide bonds. The Labute approximate surface area is 159 Å². The molecule has 0 radical (unpaired) electrons. The van der Waals surface area contributed by atoms with Crippen molar-refractivity contribution < 1.29 is 14.3 Å². The Balaban J connectivity index is 1.83. The van der Waals surface area contributed by atoms with Crippen molar-refractivity contribution >= 4 is 28.8 Å². The summed E-state index contributed by atoms with van der Waals surface area (Å²) in [6, 6.07) is 7.92. The molecule has 6 nitrogen and oxygen atoms in total. The van der Waals surface area contributed by atoms with Crippen molar-refractivity contribution in [2.45, 2.75) is 12.5 Å². The van der Waals surface area contributed by atoms with Crippen LogP contribution in [0.15, 0.2) is 35.8 Å². The molecular formula is C18H17N3O3S2. The van der Waals surface area contributed by atoms with Crippen molar-refractivity contribution in [3.8, 4) is 11.5 Å². The van der Waals surface area contributed by atoms with E-state index in [9.17, 15) is 4.79 Å². The van der Waals surface area contributed by atoms with Crippen molar-refractivity contribution in [2.75, 3.05) is 20.8 Å². The van der Waals surface area contributed by atoms with E-state index in [1.54, 1.807) is 25.6 Å². The monoisotopic (exact) mass is 387 g/mol. The Bertz CT molecular complexity index is 910. The zero-order chi connectivity index (χ0) is 18.1. The number of aromatic nitrogens is 2. The summed E-state index contributed by atoms with van der Waals surface area (Å²) in [5, 5.41) is 5.84. The normalized spacial score (nSPS) is 16.2. The van der Waals surface area contributed by atoms with Gasteiger partial charge in [-0.05, 0) is 52.7 Å². The Morgan fingerprint density at radius 1 is 1.27 bits per heavy atom. The number of hydrogen-bond donors (Lipinski definition) is 0. The van der Waals surface area contributed by atoms with Gasteiger partial charge < -0.3 is 14.4 Å². The molecule has 4 rings (SSSR count). The van der Waals surface area contributed by atoms with E-state index in [0.717, 1.165) is 28.4 Å². The molecule has 1 aliphatic rings. The molecular weight excluding hydrogens is 370 g/mol. The van der Waals surface area contributed by atoms with Crippen LogP contribution in [0.3, 0.4) is 0 Å².